The van der Waals surface area contributed by atoms with E-state index in [2.05, 4.69) is 10.6 Å². The lowest BCUT2D eigenvalue weighted by molar-refractivity contribution is 0.173. The quantitative estimate of drug-likeness (QED) is 0.777. The van der Waals surface area contributed by atoms with E-state index in [0.717, 1.165) is 0 Å². The average Bonchev–Trinajstić information content (AvgIpc) is 2.59. The van der Waals surface area contributed by atoms with Crippen molar-refractivity contribution < 1.29 is 14.3 Å². The molecule has 2 amide bonds. The van der Waals surface area contributed by atoms with Gasteiger partial charge in [0.15, 0.2) is 0 Å². The SMILES string of the molecule is N#Cc1ccc(F)c(CNC(=O)NCC(O)c2ccccc2Cl)c1. The summed E-state index contributed by atoms with van der Waals surface area (Å²) in [5.41, 5.74) is 1.02. The van der Waals surface area contributed by atoms with Gasteiger partial charge in [-0.3, -0.25) is 0 Å². The van der Waals surface area contributed by atoms with Crippen molar-refractivity contribution in [2.75, 3.05) is 6.54 Å². The fraction of sp³-hybridized carbons (Fsp3) is 0.176. The largest absolute Gasteiger partial charge is 0.387 e. The molecular weight excluding hydrogens is 333 g/mol. The van der Waals surface area contributed by atoms with Crippen molar-refractivity contribution in [2.45, 2.75) is 12.6 Å². The Morgan fingerprint density at radius 1 is 1.29 bits per heavy atom. The Morgan fingerprint density at radius 2 is 2.04 bits per heavy atom. The van der Waals surface area contributed by atoms with Crippen molar-refractivity contribution in [1.29, 1.82) is 5.26 Å². The number of hydrogen-bond acceptors (Lipinski definition) is 3. The normalized spacial score (nSPS) is 11.4. The highest BCUT2D eigenvalue weighted by Gasteiger charge is 2.12. The highest BCUT2D eigenvalue weighted by Crippen LogP contribution is 2.21. The molecule has 124 valence electrons. The van der Waals surface area contributed by atoms with Crippen LogP contribution in [0.25, 0.3) is 0 Å². The summed E-state index contributed by atoms with van der Waals surface area (Å²) in [6.07, 6.45) is -0.955. The zero-order valence-electron chi connectivity index (χ0n) is 12.6. The van der Waals surface area contributed by atoms with Crippen molar-refractivity contribution in [3.63, 3.8) is 0 Å². The van der Waals surface area contributed by atoms with Crippen LogP contribution in [0.1, 0.15) is 22.8 Å². The number of aliphatic hydroxyl groups is 1. The van der Waals surface area contributed by atoms with E-state index in [-0.39, 0.29) is 18.7 Å². The third-order valence-corrected chi connectivity index (χ3v) is 3.68. The minimum absolute atomic E-state index is 0.0454. The summed E-state index contributed by atoms with van der Waals surface area (Å²) in [5.74, 6) is -0.509. The number of carbonyl (C=O) groups is 1. The summed E-state index contributed by atoms with van der Waals surface area (Å²) in [4.78, 5) is 11.7. The Balaban J connectivity index is 1.86. The molecule has 0 fully saturated rings. The van der Waals surface area contributed by atoms with Gasteiger partial charge in [0.05, 0.1) is 17.7 Å². The molecule has 2 aromatic rings. The second kappa shape index (κ2) is 8.29. The number of amides is 2. The number of rotatable bonds is 5. The topological polar surface area (TPSA) is 85.2 Å². The fourth-order valence-electron chi connectivity index (χ4n) is 2.06. The van der Waals surface area contributed by atoms with Gasteiger partial charge >= 0.3 is 6.03 Å². The van der Waals surface area contributed by atoms with Crippen LogP contribution in [0.4, 0.5) is 9.18 Å². The molecule has 2 rings (SSSR count). The second-order valence-corrected chi connectivity index (χ2v) is 5.43. The average molecular weight is 348 g/mol. The Hall–Kier alpha value is -2.62. The van der Waals surface area contributed by atoms with Crippen molar-refractivity contribution in [3.8, 4) is 6.07 Å². The van der Waals surface area contributed by atoms with Gasteiger partial charge in [0.1, 0.15) is 5.82 Å². The highest BCUT2D eigenvalue weighted by atomic mass is 35.5. The molecule has 0 saturated carbocycles. The molecule has 5 nitrogen and oxygen atoms in total. The van der Waals surface area contributed by atoms with Gasteiger partial charge in [-0.05, 0) is 24.3 Å². The van der Waals surface area contributed by atoms with Crippen molar-refractivity contribution in [2.24, 2.45) is 0 Å². The molecule has 1 atom stereocenters. The lowest BCUT2D eigenvalue weighted by Crippen LogP contribution is -2.37. The van der Waals surface area contributed by atoms with Crippen molar-refractivity contribution in [1.82, 2.24) is 10.6 Å². The van der Waals surface area contributed by atoms with Crippen LogP contribution in [-0.2, 0) is 6.54 Å². The third kappa shape index (κ3) is 4.69. The van der Waals surface area contributed by atoms with Gasteiger partial charge in [0.25, 0.3) is 0 Å². The molecule has 0 radical (unpaired) electrons. The standard InChI is InChI=1S/C17H15ClFN3O2/c18-14-4-2-1-3-13(14)16(23)10-22-17(24)21-9-12-7-11(8-20)5-6-15(12)19/h1-7,16,23H,9-10H2,(H2,21,22,24). The van der Waals surface area contributed by atoms with Gasteiger partial charge in [0.2, 0.25) is 0 Å². The monoisotopic (exact) mass is 347 g/mol. The lowest BCUT2D eigenvalue weighted by atomic mass is 10.1. The molecule has 7 heteroatoms. The summed E-state index contributed by atoms with van der Waals surface area (Å²) >= 11 is 5.97. The van der Waals surface area contributed by atoms with E-state index in [1.54, 1.807) is 24.3 Å². The van der Waals surface area contributed by atoms with Crippen LogP contribution < -0.4 is 10.6 Å². The van der Waals surface area contributed by atoms with Crippen LogP contribution in [-0.4, -0.2) is 17.7 Å². The predicted octanol–water partition coefficient (Wildman–Crippen LogP) is 2.88. The predicted molar refractivity (Wildman–Crippen MR) is 87.8 cm³/mol. The first-order valence-electron chi connectivity index (χ1n) is 7.14. The van der Waals surface area contributed by atoms with Crippen LogP contribution in [0.15, 0.2) is 42.5 Å². The fourth-order valence-corrected chi connectivity index (χ4v) is 2.32. The van der Waals surface area contributed by atoms with Crippen LogP contribution in [0.2, 0.25) is 5.02 Å². The molecule has 0 saturated heterocycles. The minimum Gasteiger partial charge on any atom is -0.387 e. The van der Waals surface area contributed by atoms with E-state index in [1.807, 2.05) is 6.07 Å². The van der Waals surface area contributed by atoms with E-state index in [1.165, 1.54) is 18.2 Å². The Kier molecular flexibility index (Phi) is 6.13. The molecule has 24 heavy (non-hydrogen) atoms. The summed E-state index contributed by atoms with van der Waals surface area (Å²) < 4.78 is 13.6. The van der Waals surface area contributed by atoms with Gasteiger partial charge in [0, 0.05) is 29.2 Å². The van der Waals surface area contributed by atoms with E-state index >= 15 is 0 Å². The van der Waals surface area contributed by atoms with Crippen LogP contribution in [0, 0.1) is 17.1 Å². The molecular formula is C17H15ClFN3O2. The maximum absolute atomic E-state index is 13.6. The molecule has 1 unspecified atom stereocenters. The zero-order valence-corrected chi connectivity index (χ0v) is 13.3. The second-order valence-electron chi connectivity index (χ2n) is 5.02. The summed E-state index contributed by atoms with van der Waals surface area (Å²) in [5, 5.41) is 24.2. The van der Waals surface area contributed by atoms with Crippen LogP contribution in [0.3, 0.4) is 0 Å². The Morgan fingerprint density at radius 3 is 2.75 bits per heavy atom. The van der Waals surface area contributed by atoms with Gasteiger partial charge in [-0.2, -0.15) is 5.26 Å². The van der Waals surface area contributed by atoms with Crippen molar-refractivity contribution >= 4 is 17.6 Å². The summed E-state index contributed by atoms with van der Waals surface area (Å²) in [6.45, 7) is -0.119. The zero-order chi connectivity index (χ0) is 17.5. The third-order valence-electron chi connectivity index (χ3n) is 3.33. The van der Waals surface area contributed by atoms with E-state index in [0.29, 0.717) is 16.1 Å². The number of hydrogen-bond donors (Lipinski definition) is 3. The first-order valence-corrected chi connectivity index (χ1v) is 7.51. The van der Waals surface area contributed by atoms with E-state index in [9.17, 15) is 14.3 Å². The van der Waals surface area contributed by atoms with Gasteiger partial charge < -0.3 is 15.7 Å². The molecule has 0 aromatic heterocycles. The van der Waals surface area contributed by atoms with Crippen molar-refractivity contribution in [3.05, 3.63) is 70.0 Å². The summed E-state index contributed by atoms with van der Waals surface area (Å²) in [6, 6.07) is 12.0. The number of carbonyl (C=O) groups excluding carboxylic acids is 1. The minimum atomic E-state index is -0.955. The number of nitriles is 1. The lowest BCUT2D eigenvalue weighted by Gasteiger charge is -2.14. The molecule has 0 bridgehead atoms. The molecule has 0 heterocycles. The number of halogens is 2. The van der Waals surface area contributed by atoms with Crippen LogP contribution in [0.5, 0.6) is 0 Å². The number of nitrogens with zero attached hydrogens (tertiary/aromatic N) is 1. The number of benzene rings is 2. The first-order chi connectivity index (χ1) is 11.5. The molecule has 0 aliphatic rings. The molecule has 0 spiro atoms. The van der Waals surface area contributed by atoms with E-state index in [4.69, 9.17) is 16.9 Å². The molecule has 3 N–H and O–H groups in total. The Bertz CT molecular complexity index is 777. The van der Waals surface area contributed by atoms with Gasteiger partial charge in [-0.15, -0.1) is 0 Å². The Labute approximate surface area is 143 Å². The van der Waals surface area contributed by atoms with E-state index < -0.39 is 18.0 Å². The molecule has 2 aromatic carbocycles. The summed E-state index contributed by atoms with van der Waals surface area (Å²) in [7, 11) is 0. The number of urea groups is 1. The molecule has 0 aliphatic heterocycles. The van der Waals surface area contributed by atoms with Gasteiger partial charge in [-0.1, -0.05) is 29.8 Å². The maximum Gasteiger partial charge on any atom is 0.315 e. The number of aliphatic hydroxyl groups excluding tert-OH is 1. The maximum atomic E-state index is 13.6. The molecule has 0 aliphatic carbocycles. The number of nitrogens with one attached hydrogen (secondary N) is 2. The smallest absolute Gasteiger partial charge is 0.315 e. The van der Waals surface area contributed by atoms with Crippen LogP contribution >= 0.6 is 11.6 Å². The first kappa shape index (κ1) is 17.7. The van der Waals surface area contributed by atoms with Gasteiger partial charge in [-0.25, -0.2) is 9.18 Å². The highest BCUT2D eigenvalue weighted by molar-refractivity contribution is 6.31.